The van der Waals surface area contributed by atoms with E-state index >= 15 is 0 Å². The van der Waals surface area contributed by atoms with Crippen LogP contribution in [0.5, 0.6) is 0 Å². The average Bonchev–Trinajstić information content (AvgIpc) is 3.13. The molecule has 7 nitrogen and oxygen atoms in total. The van der Waals surface area contributed by atoms with Crippen LogP contribution in [0.4, 0.5) is 0 Å². The summed E-state index contributed by atoms with van der Waals surface area (Å²) in [7, 11) is 0. The zero-order valence-corrected chi connectivity index (χ0v) is 15.6. The van der Waals surface area contributed by atoms with Gasteiger partial charge in [0.25, 0.3) is 0 Å². The Kier molecular flexibility index (Phi) is 6.26. The van der Waals surface area contributed by atoms with Crippen molar-refractivity contribution in [3.63, 3.8) is 0 Å². The number of nitrogens with zero attached hydrogens (tertiary/aromatic N) is 1. The highest BCUT2D eigenvalue weighted by Crippen LogP contribution is 2.31. The number of carbonyl (C=O) groups excluding carboxylic acids is 2. The maximum atomic E-state index is 12.2. The van der Waals surface area contributed by atoms with E-state index in [2.05, 4.69) is 5.32 Å². The van der Waals surface area contributed by atoms with Gasteiger partial charge in [-0.2, -0.15) is 0 Å². The van der Waals surface area contributed by atoms with Crippen molar-refractivity contribution >= 4 is 29.1 Å². The van der Waals surface area contributed by atoms with Gasteiger partial charge in [0.15, 0.2) is 5.79 Å². The molecule has 144 valence electrons. The standard InChI is InChI=1S/C19H22ClN3O4/c20-15-3-1-14(2-4-15)16(21)5-6-17(24)22-13-18(25)23-9-7-19(8-10-23)26-11-12-27-19/h1-6,21H,7-13H2,(H,22,24)/b6-5-,21-16?. The molecule has 27 heavy (non-hydrogen) atoms. The number of carbonyl (C=O) groups is 2. The number of rotatable bonds is 5. The summed E-state index contributed by atoms with van der Waals surface area (Å²) in [5.74, 6) is -1.08. The van der Waals surface area contributed by atoms with Crippen LogP contribution in [-0.4, -0.2) is 61.1 Å². The Labute approximate surface area is 162 Å². The lowest BCUT2D eigenvalue weighted by molar-refractivity contribution is -0.187. The third-order valence-corrected chi connectivity index (χ3v) is 4.91. The van der Waals surface area contributed by atoms with Gasteiger partial charge in [0.2, 0.25) is 11.8 Å². The van der Waals surface area contributed by atoms with Crippen LogP contribution in [0.3, 0.4) is 0 Å². The Bertz CT molecular complexity index is 732. The van der Waals surface area contributed by atoms with E-state index in [1.165, 1.54) is 12.2 Å². The van der Waals surface area contributed by atoms with Crippen LogP contribution in [0, 0.1) is 5.41 Å². The molecule has 1 spiro atoms. The fourth-order valence-electron chi connectivity index (χ4n) is 3.10. The van der Waals surface area contributed by atoms with Crippen LogP contribution in [-0.2, 0) is 19.1 Å². The summed E-state index contributed by atoms with van der Waals surface area (Å²) >= 11 is 5.81. The SMILES string of the molecule is N=C(/C=C\C(=O)NCC(=O)N1CCC2(CC1)OCCO2)c1ccc(Cl)cc1. The fourth-order valence-corrected chi connectivity index (χ4v) is 3.23. The smallest absolute Gasteiger partial charge is 0.244 e. The lowest BCUT2D eigenvalue weighted by atomic mass is 10.0. The van der Waals surface area contributed by atoms with Gasteiger partial charge in [0.1, 0.15) is 0 Å². The molecule has 3 rings (SSSR count). The minimum absolute atomic E-state index is 0.0772. The highest BCUT2D eigenvalue weighted by Gasteiger charge is 2.40. The molecule has 1 aromatic rings. The van der Waals surface area contributed by atoms with E-state index in [1.807, 2.05) is 0 Å². The Morgan fingerprint density at radius 1 is 1.15 bits per heavy atom. The third kappa shape index (κ3) is 5.15. The van der Waals surface area contributed by atoms with E-state index in [4.69, 9.17) is 26.5 Å². The molecule has 1 aromatic carbocycles. The molecule has 0 radical (unpaired) electrons. The summed E-state index contributed by atoms with van der Waals surface area (Å²) in [5.41, 5.74) is 0.837. The van der Waals surface area contributed by atoms with Crippen molar-refractivity contribution in [2.75, 3.05) is 32.8 Å². The molecular formula is C19H22ClN3O4. The molecule has 2 heterocycles. The normalized spacial score (nSPS) is 18.8. The second kappa shape index (κ2) is 8.65. The lowest BCUT2D eigenvalue weighted by Crippen LogP contribution is -2.49. The summed E-state index contributed by atoms with van der Waals surface area (Å²) in [5, 5.41) is 11.1. The van der Waals surface area contributed by atoms with Crippen molar-refractivity contribution in [1.29, 1.82) is 5.41 Å². The molecule has 2 saturated heterocycles. The Morgan fingerprint density at radius 3 is 2.41 bits per heavy atom. The first-order chi connectivity index (χ1) is 13.0. The molecule has 0 aromatic heterocycles. The first-order valence-corrected chi connectivity index (χ1v) is 9.21. The Balaban J connectivity index is 1.41. The number of amides is 2. The monoisotopic (exact) mass is 391 g/mol. The number of nitrogens with one attached hydrogen (secondary N) is 2. The molecule has 2 amide bonds. The molecule has 0 bridgehead atoms. The van der Waals surface area contributed by atoms with Crippen LogP contribution < -0.4 is 5.32 Å². The van der Waals surface area contributed by atoms with Gasteiger partial charge in [-0.15, -0.1) is 0 Å². The molecule has 0 atom stereocenters. The molecule has 0 saturated carbocycles. The average molecular weight is 392 g/mol. The quantitative estimate of drug-likeness (QED) is 0.590. The summed E-state index contributed by atoms with van der Waals surface area (Å²) in [6.07, 6.45) is 3.92. The Hall–Kier alpha value is -2.22. The number of piperidine rings is 1. The predicted octanol–water partition coefficient (Wildman–Crippen LogP) is 1.75. The van der Waals surface area contributed by atoms with Crippen molar-refractivity contribution in [2.45, 2.75) is 18.6 Å². The highest BCUT2D eigenvalue weighted by atomic mass is 35.5. The fraction of sp³-hybridized carbons (Fsp3) is 0.421. The molecule has 0 unspecified atom stereocenters. The molecular weight excluding hydrogens is 370 g/mol. The minimum atomic E-state index is -0.523. The van der Waals surface area contributed by atoms with Gasteiger partial charge in [0.05, 0.1) is 25.5 Å². The number of likely N-dealkylation sites (tertiary alicyclic amines) is 1. The van der Waals surface area contributed by atoms with Crippen LogP contribution in [0.2, 0.25) is 5.02 Å². The predicted molar refractivity (Wildman–Crippen MR) is 101 cm³/mol. The number of allylic oxidation sites excluding steroid dienone is 1. The number of benzene rings is 1. The molecule has 2 fully saturated rings. The first-order valence-electron chi connectivity index (χ1n) is 8.84. The maximum absolute atomic E-state index is 12.2. The van der Waals surface area contributed by atoms with Crippen molar-refractivity contribution in [2.24, 2.45) is 0 Å². The largest absolute Gasteiger partial charge is 0.347 e. The van der Waals surface area contributed by atoms with Crippen molar-refractivity contribution < 1.29 is 19.1 Å². The number of ether oxygens (including phenoxy) is 2. The summed E-state index contributed by atoms with van der Waals surface area (Å²) in [6, 6.07) is 6.78. The van der Waals surface area contributed by atoms with Crippen molar-refractivity contribution in [3.8, 4) is 0 Å². The van der Waals surface area contributed by atoms with Crippen molar-refractivity contribution in [3.05, 3.63) is 47.0 Å². The van der Waals surface area contributed by atoms with Crippen LogP contribution in [0.15, 0.2) is 36.4 Å². The van der Waals surface area contributed by atoms with Gasteiger partial charge in [-0.05, 0) is 23.8 Å². The van der Waals surface area contributed by atoms with Crippen LogP contribution in [0.25, 0.3) is 0 Å². The van der Waals surface area contributed by atoms with Gasteiger partial charge < -0.3 is 25.1 Å². The second-order valence-corrected chi connectivity index (χ2v) is 6.90. The number of halogens is 1. The van der Waals surface area contributed by atoms with E-state index in [-0.39, 0.29) is 18.2 Å². The zero-order valence-electron chi connectivity index (χ0n) is 14.9. The lowest BCUT2D eigenvalue weighted by Gasteiger charge is -2.37. The summed E-state index contributed by atoms with van der Waals surface area (Å²) in [4.78, 5) is 25.9. The first kappa shape index (κ1) is 19.5. The van der Waals surface area contributed by atoms with Crippen LogP contribution >= 0.6 is 11.6 Å². The summed E-state index contributed by atoms with van der Waals surface area (Å²) < 4.78 is 11.3. The molecule has 2 N–H and O–H groups in total. The topological polar surface area (TPSA) is 91.7 Å². The minimum Gasteiger partial charge on any atom is -0.347 e. The zero-order chi connectivity index (χ0) is 19.3. The van der Waals surface area contributed by atoms with Gasteiger partial charge in [-0.25, -0.2) is 0 Å². The number of hydrogen-bond donors (Lipinski definition) is 2. The Morgan fingerprint density at radius 2 is 1.78 bits per heavy atom. The molecule has 0 aliphatic carbocycles. The van der Waals surface area contributed by atoms with E-state index in [0.29, 0.717) is 49.7 Å². The van der Waals surface area contributed by atoms with Gasteiger partial charge in [-0.1, -0.05) is 23.7 Å². The third-order valence-electron chi connectivity index (χ3n) is 4.66. The molecule has 8 heteroatoms. The van der Waals surface area contributed by atoms with E-state index in [0.717, 1.165) is 0 Å². The van der Waals surface area contributed by atoms with Gasteiger partial charge in [0, 0.05) is 37.0 Å². The maximum Gasteiger partial charge on any atom is 0.244 e. The second-order valence-electron chi connectivity index (χ2n) is 6.46. The van der Waals surface area contributed by atoms with Gasteiger partial charge in [-0.3, -0.25) is 9.59 Å². The van der Waals surface area contributed by atoms with Crippen LogP contribution in [0.1, 0.15) is 18.4 Å². The number of hydrogen-bond acceptors (Lipinski definition) is 5. The molecule has 2 aliphatic heterocycles. The molecule has 2 aliphatic rings. The summed E-state index contributed by atoms with van der Waals surface area (Å²) in [6.45, 7) is 2.21. The highest BCUT2D eigenvalue weighted by molar-refractivity contribution is 6.30. The van der Waals surface area contributed by atoms with E-state index in [1.54, 1.807) is 29.2 Å². The van der Waals surface area contributed by atoms with E-state index < -0.39 is 11.7 Å². The van der Waals surface area contributed by atoms with Gasteiger partial charge >= 0.3 is 0 Å². The van der Waals surface area contributed by atoms with E-state index in [9.17, 15) is 9.59 Å². The van der Waals surface area contributed by atoms with Crippen molar-refractivity contribution in [1.82, 2.24) is 10.2 Å².